The summed E-state index contributed by atoms with van der Waals surface area (Å²) in [6.07, 6.45) is 2.64. The number of anilines is 2. The normalized spacial score (nSPS) is 10.8. The third-order valence-corrected chi connectivity index (χ3v) is 3.20. The van der Waals surface area contributed by atoms with Crippen LogP contribution in [0.2, 0.25) is 0 Å². The molecule has 0 aromatic heterocycles. The fraction of sp³-hybridized carbons (Fsp3) is 0.118. The van der Waals surface area contributed by atoms with E-state index in [0.717, 1.165) is 28.6 Å². The number of aliphatic carboxylic acids is 1. The van der Waals surface area contributed by atoms with Gasteiger partial charge in [-0.2, -0.15) is 0 Å². The molecule has 0 aliphatic rings. The van der Waals surface area contributed by atoms with Crippen LogP contribution < -0.4 is 4.90 Å². The van der Waals surface area contributed by atoms with Crippen LogP contribution in [0.25, 0.3) is 6.08 Å². The van der Waals surface area contributed by atoms with Crippen LogP contribution in [0.1, 0.15) is 11.1 Å². The molecule has 0 aliphatic heterocycles. The van der Waals surface area contributed by atoms with E-state index in [4.69, 9.17) is 5.11 Å². The molecule has 108 valence electrons. The van der Waals surface area contributed by atoms with Gasteiger partial charge in [0.25, 0.3) is 0 Å². The van der Waals surface area contributed by atoms with E-state index in [1.807, 2.05) is 43.1 Å². The topological polar surface area (TPSA) is 40.5 Å². The van der Waals surface area contributed by atoms with Gasteiger partial charge in [-0.05, 0) is 54.5 Å². The Morgan fingerprint density at radius 3 is 2.62 bits per heavy atom. The Balaban J connectivity index is 2.30. The van der Waals surface area contributed by atoms with Crippen LogP contribution in [0.15, 0.2) is 48.5 Å². The zero-order chi connectivity index (χ0) is 15.4. The first-order chi connectivity index (χ1) is 9.97. The van der Waals surface area contributed by atoms with Gasteiger partial charge < -0.3 is 10.0 Å². The van der Waals surface area contributed by atoms with Crippen molar-refractivity contribution in [3.63, 3.8) is 0 Å². The lowest BCUT2D eigenvalue weighted by molar-refractivity contribution is -0.131. The van der Waals surface area contributed by atoms with Crippen LogP contribution in [0.4, 0.5) is 15.8 Å². The highest BCUT2D eigenvalue weighted by Crippen LogP contribution is 2.28. The molecule has 0 radical (unpaired) electrons. The maximum Gasteiger partial charge on any atom is 0.328 e. The van der Waals surface area contributed by atoms with Gasteiger partial charge >= 0.3 is 5.97 Å². The highest BCUT2D eigenvalue weighted by molar-refractivity contribution is 5.85. The molecule has 0 bridgehead atoms. The Kier molecular flexibility index (Phi) is 4.38. The number of hydrogen-bond donors (Lipinski definition) is 1. The third-order valence-electron chi connectivity index (χ3n) is 3.20. The summed E-state index contributed by atoms with van der Waals surface area (Å²) in [5.74, 6) is -1.26. The molecule has 3 nitrogen and oxygen atoms in total. The lowest BCUT2D eigenvalue weighted by Crippen LogP contribution is -2.11. The average molecular weight is 285 g/mol. The predicted molar refractivity (Wildman–Crippen MR) is 82.3 cm³/mol. The molecular weight excluding hydrogens is 269 g/mol. The summed E-state index contributed by atoms with van der Waals surface area (Å²) in [5.41, 5.74) is 3.49. The Hall–Kier alpha value is -2.62. The van der Waals surface area contributed by atoms with Gasteiger partial charge in [-0.15, -0.1) is 0 Å². The van der Waals surface area contributed by atoms with Crippen molar-refractivity contribution in [1.29, 1.82) is 0 Å². The molecule has 2 aromatic rings. The first-order valence-electron chi connectivity index (χ1n) is 6.48. The van der Waals surface area contributed by atoms with E-state index in [9.17, 15) is 9.18 Å². The van der Waals surface area contributed by atoms with Crippen LogP contribution in [-0.4, -0.2) is 18.1 Å². The highest BCUT2D eigenvalue weighted by atomic mass is 19.1. The quantitative estimate of drug-likeness (QED) is 0.863. The number of aryl methyl sites for hydroxylation is 1. The van der Waals surface area contributed by atoms with Crippen molar-refractivity contribution in [3.8, 4) is 0 Å². The molecule has 0 heterocycles. The molecule has 1 N–H and O–H groups in total. The number of halogens is 1. The van der Waals surface area contributed by atoms with E-state index in [1.54, 1.807) is 12.1 Å². The van der Waals surface area contributed by atoms with Crippen molar-refractivity contribution in [2.24, 2.45) is 0 Å². The first-order valence-corrected chi connectivity index (χ1v) is 6.48. The molecule has 2 rings (SSSR count). The molecule has 0 unspecified atom stereocenters. The summed E-state index contributed by atoms with van der Waals surface area (Å²) in [7, 11) is 1.86. The molecular formula is C17H16FNO2. The number of carboxylic acid groups (broad SMARTS) is 1. The zero-order valence-electron chi connectivity index (χ0n) is 11.9. The van der Waals surface area contributed by atoms with E-state index < -0.39 is 5.97 Å². The minimum Gasteiger partial charge on any atom is -0.478 e. The van der Waals surface area contributed by atoms with E-state index in [-0.39, 0.29) is 5.82 Å². The number of carbonyl (C=O) groups is 1. The molecule has 0 saturated heterocycles. The molecule has 0 fully saturated rings. The van der Waals surface area contributed by atoms with Crippen LogP contribution in [0.5, 0.6) is 0 Å². The van der Waals surface area contributed by atoms with Gasteiger partial charge in [-0.1, -0.05) is 12.1 Å². The largest absolute Gasteiger partial charge is 0.478 e. The summed E-state index contributed by atoms with van der Waals surface area (Å²) >= 11 is 0. The standard InChI is InChI=1S/C17H16FNO2/c1-12-10-13(7-9-17(20)21)6-8-16(12)19(2)15-5-3-4-14(18)11-15/h3-11H,1-2H3,(H,20,21). The van der Waals surface area contributed by atoms with E-state index in [0.29, 0.717) is 0 Å². The monoisotopic (exact) mass is 285 g/mol. The van der Waals surface area contributed by atoms with Gasteiger partial charge in [0.2, 0.25) is 0 Å². The lowest BCUT2D eigenvalue weighted by atomic mass is 10.1. The van der Waals surface area contributed by atoms with E-state index >= 15 is 0 Å². The first kappa shape index (κ1) is 14.8. The number of hydrogen-bond acceptors (Lipinski definition) is 2. The van der Waals surface area contributed by atoms with Gasteiger partial charge in [-0.25, -0.2) is 9.18 Å². The van der Waals surface area contributed by atoms with E-state index in [1.165, 1.54) is 12.1 Å². The Morgan fingerprint density at radius 2 is 2.00 bits per heavy atom. The maximum atomic E-state index is 13.3. The summed E-state index contributed by atoms with van der Waals surface area (Å²) in [5, 5.41) is 8.63. The molecule has 0 saturated carbocycles. The Morgan fingerprint density at radius 1 is 1.24 bits per heavy atom. The summed E-state index contributed by atoms with van der Waals surface area (Å²) in [4.78, 5) is 12.4. The third kappa shape index (κ3) is 3.69. The molecule has 4 heteroatoms. The van der Waals surface area contributed by atoms with Crippen molar-refractivity contribution in [2.75, 3.05) is 11.9 Å². The van der Waals surface area contributed by atoms with Crippen LogP contribution in [-0.2, 0) is 4.79 Å². The molecule has 0 atom stereocenters. The highest BCUT2D eigenvalue weighted by Gasteiger charge is 2.08. The van der Waals surface area contributed by atoms with Gasteiger partial charge in [-0.3, -0.25) is 0 Å². The summed E-state index contributed by atoms with van der Waals surface area (Å²) < 4.78 is 13.3. The maximum absolute atomic E-state index is 13.3. The van der Waals surface area contributed by atoms with Crippen LogP contribution in [0.3, 0.4) is 0 Å². The molecule has 0 amide bonds. The molecule has 0 spiro atoms. The molecule has 21 heavy (non-hydrogen) atoms. The number of nitrogens with zero attached hydrogens (tertiary/aromatic N) is 1. The SMILES string of the molecule is Cc1cc(C=CC(=O)O)ccc1N(C)c1cccc(F)c1. The van der Waals surface area contributed by atoms with E-state index in [2.05, 4.69) is 0 Å². The van der Waals surface area contributed by atoms with Crippen molar-refractivity contribution in [3.05, 3.63) is 65.5 Å². The van der Waals surface area contributed by atoms with Crippen molar-refractivity contribution >= 4 is 23.4 Å². The zero-order valence-corrected chi connectivity index (χ0v) is 11.9. The second-order valence-electron chi connectivity index (χ2n) is 4.76. The average Bonchev–Trinajstić information content (AvgIpc) is 2.44. The van der Waals surface area contributed by atoms with Gasteiger partial charge in [0, 0.05) is 24.5 Å². The minimum absolute atomic E-state index is 0.280. The predicted octanol–water partition coefficient (Wildman–Crippen LogP) is 4.00. The van der Waals surface area contributed by atoms with Crippen LogP contribution >= 0.6 is 0 Å². The number of benzene rings is 2. The molecule has 2 aromatic carbocycles. The summed E-state index contributed by atoms with van der Waals surface area (Å²) in [6, 6.07) is 12.0. The summed E-state index contributed by atoms with van der Waals surface area (Å²) in [6.45, 7) is 1.93. The second-order valence-corrected chi connectivity index (χ2v) is 4.76. The smallest absolute Gasteiger partial charge is 0.328 e. The van der Waals surface area contributed by atoms with Crippen molar-refractivity contribution < 1.29 is 14.3 Å². The number of rotatable bonds is 4. The van der Waals surface area contributed by atoms with Crippen molar-refractivity contribution in [2.45, 2.75) is 6.92 Å². The van der Waals surface area contributed by atoms with Crippen LogP contribution in [0, 0.1) is 12.7 Å². The molecule has 0 aliphatic carbocycles. The number of carboxylic acids is 1. The Bertz CT molecular complexity index is 695. The second kappa shape index (κ2) is 6.22. The van der Waals surface area contributed by atoms with Gasteiger partial charge in [0.05, 0.1) is 0 Å². The lowest BCUT2D eigenvalue weighted by Gasteiger charge is -2.22. The van der Waals surface area contributed by atoms with Gasteiger partial charge in [0.1, 0.15) is 5.82 Å². The minimum atomic E-state index is -0.978. The van der Waals surface area contributed by atoms with Gasteiger partial charge in [0.15, 0.2) is 0 Å². The van der Waals surface area contributed by atoms with Crippen molar-refractivity contribution in [1.82, 2.24) is 0 Å². The fourth-order valence-electron chi connectivity index (χ4n) is 2.15. The fourth-order valence-corrected chi connectivity index (χ4v) is 2.15. The Labute approximate surface area is 123 Å².